The van der Waals surface area contributed by atoms with E-state index in [2.05, 4.69) is 17.2 Å². The van der Waals surface area contributed by atoms with Gasteiger partial charge in [-0.15, -0.1) is 11.8 Å². The van der Waals surface area contributed by atoms with Gasteiger partial charge >= 0.3 is 0 Å². The molecule has 1 unspecified atom stereocenters. The van der Waals surface area contributed by atoms with E-state index in [0.29, 0.717) is 19.1 Å². The van der Waals surface area contributed by atoms with E-state index in [4.69, 9.17) is 4.74 Å². The summed E-state index contributed by atoms with van der Waals surface area (Å²) in [7, 11) is 0. The summed E-state index contributed by atoms with van der Waals surface area (Å²) in [6, 6.07) is 0. The number of hydrogen-bond acceptors (Lipinski definition) is 2. The highest BCUT2D eigenvalue weighted by Crippen LogP contribution is 2.16. The van der Waals surface area contributed by atoms with Crippen LogP contribution in [0.1, 0.15) is 45.4 Å². The molecule has 0 aromatic rings. The third-order valence-electron chi connectivity index (χ3n) is 2.72. The molecule has 0 spiro atoms. The molecule has 1 rings (SSSR count). The molecule has 1 aliphatic heterocycles. The van der Waals surface area contributed by atoms with E-state index in [1.54, 1.807) is 0 Å². The molecule has 90 valence electrons. The third-order valence-corrected chi connectivity index (χ3v) is 2.72. The van der Waals surface area contributed by atoms with Crippen molar-refractivity contribution in [2.75, 3.05) is 13.2 Å². The maximum Gasteiger partial charge on any atom is 0.220 e. The van der Waals surface area contributed by atoms with Crippen molar-refractivity contribution in [2.24, 2.45) is 0 Å². The monoisotopic (exact) mass is 223 g/mol. The first kappa shape index (κ1) is 13.1. The van der Waals surface area contributed by atoms with Gasteiger partial charge in [-0.2, -0.15) is 0 Å². The molecule has 3 nitrogen and oxygen atoms in total. The summed E-state index contributed by atoms with van der Waals surface area (Å²) in [5.41, 5.74) is 0. The van der Waals surface area contributed by atoms with Crippen molar-refractivity contribution in [1.82, 2.24) is 5.32 Å². The Morgan fingerprint density at radius 1 is 1.50 bits per heavy atom. The molecule has 0 aromatic carbocycles. The van der Waals surface area contributed by atoms with Crippen LogP contribution in [0.15, 0.2) is 0 Å². The van der Waals surface area contributed by atoms with E-state index in [9.17, 15) is 4.79 Å². The molecule has 0 aliphatic carbocycles. The lowest BCUT2D eigenvalue weighted by atomic mass is 10.0. The third kappa shape index (κ3) is 5.77. The lowest BCUT2D eigenvalue weighted by molar-refractivity contribution is -0.122. The van der Waals surface area contributed by atoms with Gasteiger partial charge in [0.1, 0.15) is 0 Å². The number of amides is 1. The lowest BCUT2D eigenvalue weighted by Gasteiger charge is -2.22. The fourth-order valence-corrected chi connectivity index (χ4v) is 1.80. The summed E-state index contributed by atoms with van der Waals surface area (Å²) in [5, 5.41) is 2.86. The van der Waals surface area contributed by atoms with Gasteiger partial charge in [-0.05, 0) is 32.6 Å². The Kier molecular flexibility index (Phi) is 6.67. The first-order valence-corrected chi connectivity index (χ1v) is 6.11. The van der Waals surface area contributed by atoms with Crippen molar-refractivity contribution in [3.63, 3.8) is 0 Å². The van der Waals surface area contributed by atoms with Crippen molar-refractivity contribution in [1.29, 1.82) is 0 Å². The van der Waals surface area contributed by atoms with Crippen LogP contribution in [0.2, 0.25) is 0 Å². The molecule has 1 heterocycles. The summed E-state index contributed by atoms with van der Waals surface area (Å²) in [5.74, 6) is 5.84. The summed E-state index contributed by atoms with van der Waals surface area (Å²) in [6.07, 6.45) is 5.97. The highest BCUT2D eigenvalue weighted by molar-refractivity contribution is 5.75. The molecule has 16 heavy (non-hydrogen) atoms. The van der Waals surface area contributed by atoms with Gasteiger partial charge in [0.15, 0.2) is 0 Å². The average molecular weight is 223 g/mol. The van der Waals surface area contributed by atoms with Crippen LogP contribution in [0, 0.1) is 11.8 Å². The molecular formula is C13H21NO2. The van der Waals surface area contributed by atoms with Crippen LogP contribution in [0.25, 0.3) is 0 Å². The SMILES string of the molecule is CC#CCCNC(=O)CCC1CCCCO1. The molecule has 1 aliphatic rings. The minimum absolute atomic E-state index is 0.118. The molecule has 0 saturated carbocycles. The number of nitrogens with one attached hydrogen (secondary N) is 1. The molecule has 0 aromatic heterocycles. The fourth-order valence-electron chi connectivity index (χ4n) is 1.80. The number of rotatable bonds is 5. The van der Waals surface area contributed by atoms with Gasteiger partial charge in [0.25, 0.3) is 0 Å². The molecule has 1 amide bonds. The molecule has 3 heteroatoms. The second-order valence-electron chi connectivity index (χ2n) is 4.05. The largest absolute Gasteiger partial charge is 0.378 e. The molecular weight excluding hydrogens is 202 g/mol. The van der Waals surface area contributed by atoms with Crippen molar-refractivity contribution in [3.8, 4) is 11.8 Å². The number of hydrogen-bond donors (Lipinski definition) is 1. The fraction of sp³-hybridized carbons (Fsp3) is 0.769. The van der Waals surface area contributed by atoms with Crippen molar-refractivity contribution >= 4 is 5.91 Å². The Morgan fingerprint density at radius 3 is 3.06 bits per heavy atom. The molecule has 0 bridgehead atoms. The van der Waals surface area contributed by atoms with E-state index in [0.717, 1.165) is 25.9 Å². The molecule has 0 radical (unpaired) electrons. The standard InChI is InChI=1S/C13H21NO2/c1-2-3-5-10-14-13(15)9-8-12-7-4-6-11-16-12/h12H,4-11H2,1H3,(H,14,15). The summed E-state index contributed by atoms with van der Waals surface area (Å²) < 4.78 is 5.57. The van der Waals surface area contributed by atoms with E-state index in [1.807, 2.05) is 6.92 Å². The number of carbonyl (C=O) groups is 1. The van der Waals surface area contributed by atoms with Gasteiger partial charge < -0.3 is 10.1 Å². The van der Waals surface area contributed by atoms with Crippen LogP contribution >= 0.6 is 0 Å². The molecule has 1 N–H and O–H groups in total. The first-order valence-electron chi connectivity index (χ1n) is 6.11. The predicted molar refractivity (Wildman–Crippen MR) is 63.9 cm³/mol. The maximum absolute atomic E-state index is 11.4. The van der Waals surface area contributed by atoms with Gasteiger partial charge in [-0.1, -0.05) is 0 Å². The molecule has 1 atom stereocenters. The Labute approximate surface area is 97.9 Å². The van der Waals surface area contributed by atoms with Crippen LogP contribution in [0.5, 0.6) is 0 Å². The van der Waals surface area contributed by atoms with Gasteiger partial charge in [0, 0.05) is 26.0 Å². The van der Waals surface area contributed by atoms with Crippen LogP contribution in [0.3, 0.4) is 0 Å². The summed E-state index contributed by atoms with van der Waals surface area (Å²) in [4.78, 5) is 11.4. The zero-order chi connectivity index (χ0) is 11.6. The van der Waals surface area contributed by atoms with E-state index in [-0.39, 0.29) is 5.91 Å². The van der Waals surface area contributed by atoms with Crippen LogP contribution in [-0.4, -0.2) is 25.2 Å². The topological polar surface area (TPSA) is 38.3 Å². The molecule has 1 saturated heterocycles. The van der Waals surface area contributed by atoms with Crippen LogP contribution < -0.4 is 5.32 Å². The second kappa shape index (κ2) is 8.18. The predicted octanol–water partition coefficient (Wildman–Crippen LogP) is 1.87. The average Bonchev–Trinajstić information content (AvgIpc) is 2.33. The van der Waals surface area contributed by atoms with Crippen LogP contribution in [-0.2, 0) is 9.53 Å². The minimum Gasteiger partial charge on any atom is -0.378 e. The quantitative estimate of drug-likeness (QED) is 0.571. The zero-order valence-electron chi connectivity index (χ0n) is 10.1. The normalized spacial score (nSPS) is 19.7. The summed E-state index contributed by atoms with van der Waals surface area (Å²) in [6.45, 7) is 3.33. The van der Waals surface area contributed by atoms with E-state index < -0.39 is 0 Å². The Hall–Kier alpha value is -1.01. The number of carbonyl (C=O) groups excluding carboxylic acids is 1. The van der Waals surface area contributed by atoms with Crippen LogP contribution in [0.4, 0.5) is 0 Å². The minimum atomic E-state index is 0.118. The molecule has 1 fully saturated rings. The van der Waals surface area contributed by atoms with Gasteiger partial charge in [-0.25, -0.2) is 0 Å². The van der Waals surface area contributed by atoms with Crippen molar-refractivity contribution in [3.05, 3.63) is 0 Å². The Balaban J connectivity index is 2.02. The lowest BCUT2D eigenvalue weighted by Crippen LogP contribution is -2.27. The highest BCUT2D eigenvalue weighted by Gasteiger charge is 2.14. The van der Waals surface area contributed by atoms with E-state index in [1.165, 1.54) is 12.8 Å². The number of ether oxygens (including phenoxy) is 1. The maximum atomic E-state index is 11.4. The highest BCUT2D eigenvalue weighted by atomic mass is 16.5. The second-order valence-corrected chi connectivity index (χ2v) is 4.05. The zero-order valence-corrected chi connectivity index (χ0v) is 10.1. The van der Waals surface area contributed by atoms with Gasteiger partial charge in [-0.3, -0.25) is 4.79 Å². The Bertz CT molecular complexity index is 259. The first-order chi connectivity index (χ1) is 7.83. The van der Waals surface area contributed by atoms with E-state index >= 15 is 0 Å². The van der Waals surface area contributed by atoms with Crippen molar-refractivity contribution in [2.45, 2.75) is 51.6 Å². The van der Waals surface area contributed by atoms with Gasteiger partial charge in [0.2, 0.25) is 5.91 Å². The smallest absolute Gasteiger partial charge is 0.220 e. The summed E-state index contributed by atoms with van der Waals surface area (Å²) >= 11 is 0. The van der Waals surface area contributed by atoms with Gasteiger partial charge in [0.05, 0.1) is 6.10 Å². The Morgan fingerprint density at radius 2 is 2.38 bits per heavy atom. The van der Waals surface area contributed by atoms with Crippen molar-refractivity contribution < 1.29 is 9.53 Å².